The number of hydrogen-bond acceptors (Lipinski definition) is 4. The minimum absolute atomic E-state index is 0.0447. The lowest BCUT2D eigenvalue weighted by molar-refractivity contribution is -0.143. The van der Waals surface area contributed by atoms with Crippen molar-refractivity contribution in [2.24, 2.45) is 11.8 Å². The van der Waals surface area contributed by atoms with E-state index in [1.54, 1.807) is 0 Å². The number of aliphatic carboxylic acids is 1. The fourth-order valence-corrected chi connectivity index (χ4v) is 3.27. The monoisotopic (exact) mass is 319 g/mol. The van der Waals surface area contributed by atoms with Crippen LogP contribution in [0.15, 0.2) is 11.4 Å². The van der Waals surface area contributed by atoms with E-state index in [4.69, 9.17) is 5.11 Å². The van der Waals surface area contributed by atoms with Gasteiger partial charge in [0.15, 0.2) is 0 Å². The molecule has 0 aliphatic carbocycles. The number of hydrogen-bond donors (Lipinski definition) is 1. The number of piperidine rings is 1. The molecule has 8 heteroatoms. The molecule has 1 amide bonds. The number of thiophene rings is 1. The number of ether oxygens (including phenoxy) is 1. The van der Waals surface area contributed by atoms with Gasteiger partial charge in [-0.2, -0.15) is 8.78 Å². The number of alkyl halides is 2. The van der Waals surface area contributed by atoms with E-state index in [-0.39, 0.29) is 23.1 Å². The molecule has 0 radical (unpaired) electrons. The largest absolute Gasteiger partial charge is 0.481 e. The maximum Gasteiger partial charge on any atom is 0.387 e. The van der Waals surface area contributed by atoms with Crippen LogP contribution < -0.4 is 4.74 Å². The first kappa shape index (κ1) is 15.7. The van der Waals surface area contributed by atoms with Gasteiger partial charge in [-0.25, -0.2) is 0 Å². The third kappa shape index (κ3) is 3.69. The second-order valence-electron chi connectivity index (χ2n) is 5.08. The molecule has 1 N–H and O–H groups in total. The topological polar surface area (TPSA) is 66.8 Å². The van der Waals surface area contributed by atoms with Crippen molar-refractivity contribution >= 4 is 23.2 Å². The number of halogens is 2. The van der Waals surface area contributed by atoms with E-state index in [1.165, 1.54) is 16.3 Å². The van der Waals surface area contributed by atoms with Crippen molar-refractivity contribution in [3.05, 3.63) is 16.3 Å². The summed E-state index contributed by atoms with van der Waals surface area (Å²) in [5.74, 6) is -2.15. The smallest absolute Gasteiger partial charge is 0.387 e. The minimum atomic E-state index is -3.00. The Hall–Kier alpha value is -1.70. The SMILES string of the molecule is CC1CC(C(=O)O)CN(C(=O)c2sccc2OC(F)F)C1. The Labute approximate surface area is 124 Å². The van der Waals surface area contributed by atoms with Gasteiger partial charge < -0.3 is 14.7 Å². The average molecular weight is 319 g/mol. The van der Waals surface area contributed by atoms with E-state index in [2.05, 4.69) is 4.74 Å². The van der Waals surface area contributed by atoms with Gasteiger partial charge in [-0.1, -0.05) is 6.92 Å². The zero-order chi connectivity index (χ0) is 15.6. The van der Waals surface area contributed by atoms with Crippen LogP contribution in [0.2, 0.25) is 0 Å². The molecule has 2 unspecified atom stereocenters. The molecule has 0 aromatic carbocycles. The van der Waals surface area contributed by atoms with Crippen LogP contribution in [0.4, 0.5) is 8.78 Å². The van der Waals surface area contributed by atoms with Gasteiger partial charge in [0.2, 0.25) is 0 Å². The van der Waals surface area contributed by atoms with Crippen LogP contribution in [0.1, 0.15) is 23.0 Å². The van der Waals surface area contributed by atoms with Gasteiger partial charge >= 0.3 is 12.6 Å². The maximum absolute atomic E-state index is 12.4. The maximum atomic E-state index is 12.4. The van der Waals surface area contributed by atoms with E-state index < -0.39 is 24.4 Å². The quantitative estimate of drug-likeness (QED) is 0.926. The molecule has 5 nitrogen and oxygen atoms in total. The van der Waals surface area contributed by atoms with Crippen LogP contribution in [-0.4, -0.2) is 41.6 Å². The Bertz CT molecular complexity index is 534. The highest BCUT2D eigenvalue weighted by Gasteiger charge is 2.33. The molecular formula is C13H15F2NO4S. The molecule has 116 valence electrons. The van der Waals surface area contributed by atoms with Gasteiger partial charge in [0.05, 0.1) is 5.92 Å². The van der Waals surface area contributed by atoms with Crippen LogP contribution in [0.5, 0.6) is 5.75 Å². The van der Waals surface area contributed by atoms with E-state index in [9.17, 15) is 18.4 Å². The first-order valence-electron chi connectivity index (χ1n) is 6.43. The summed E-state index contributed by atoms with van der Waals surface area (Å²) in [6, 6.07) is 1.31. The number of nitrogens with zero attached hydrogens (tertiary/aromatic N) is 1. The van der Waals surface area contributed by atoms with Crippen molar-refractivity contribution in [2.75, 3.05) is 13.1 Å². The minimum Gasteiger partial charge on any atom is -0.481 e. The molecule has 0 saturated carbocycles. The second kappa shape index (κ2) is 6.38. The highest BCUT2D eigenvalue weighted by Crippen LogP contribution is 2.30. The first-order chi connectivity index (χ1) is 9.88. The predicted molar refractivity (Wildman–Crippen MR) is 71.8 cm³/mol. The predicted octanol–water partition coefficient (Wildman–Crippen LogP) is 2.53. The Morgan fingerprint density at radius 2 is 2.19 bits per heavy atom. The van der Waals surface area contributed by atoms with Crippen LogP contribution in [-0.2, 0) is 4.79 Å². The number of carboxylic acids is 1. The van der Waals surface area contributed by atoms with Crippen molar-refractivity contribution in [1.82, 2.24) is 4.90 Å². The summed E-state index contributed by atoms with van der Waals surface area (Å²) in [5, 5.41) is 10.6. The summed E-state index contributed by atoms with van der Waals surface area (Å²) in [6.45, 7) is -0.641. The number of amides is 1. The van der Waals surface area contributed by atoms with Crippen molar-refractivity contribution in [3.8, 4) is 5.75 Å². The Morgan fingerprint density at radius 1 is 1.48 bits per heavy atom. The Balaban J connectivity index is 2.15. The van der Waals surface area contributed by atoms with Gasteiger partial charge in [-0.15, -0.1) is 11.3 Å². The highest BCUT2D eigenvalue weighted by molar-refractivity contribution is 7.12. The van der Waals surface area contributed by atoms with Gasteiger partial charge in [0.1, 0.15) is 10.6 Å². The molecule has 21 heavy (non-hydrogen) atoms. The third-order valence-corrected chi connectivity index (χ3v) is 4.22. The first-order valence-corrected chi connectivity index (χ1v) is 7.30. The summed E-state index contributed by atoms with van der Waals surface area (Å²) >= 11 is 1.01. The van der Waals surface area contributed by atoms with Crippen LogP contribution in [0, 0.1) is 11.8 Å². The molecular weight excluding hydrogens is 304 g/mol. The lowest BCUT2D eigenvalue weighted by Crippen LogP contribution is -2.45. The molecule has 1 aromatic rings. The van der Waals surface area contributed by atoms with Gasteiger partial charge in [0.25, 0.3) is 5.91 Å². The Kier molecular flexibility index (Phi) is 4.76. The van der Waals surface area contributed by atoms with Crippen molar-refractivity contribution in [3.63, 3.8) is 0 Å². The zero-order valence-electron chi connectivity index (χ0n) is 11.3. The van der Waals surface area contributed by atoms with E-state index in [0.717, 1.165) is 11.3 Å². The standard InChI is InChI=1S/C13H15F2NO4S/c1-7-4-8(12(18)19)6-16(5-7)11(17)10-9(2-3-21-10)20-13(14)15/h2-3,7-8,13H,4-6H2,1H3,(H,18,19). The number of carbonyl (C=O) groups is 2. The highest BCUT2D eigenvalue weighted by atomic mass is 32.1. The normalized spacial score (nSPS) is 22.4. The summed E-state index contributed by atoms with van der Waals surface area (Å²) in [6.07, 6.45) is 0.504. The Morgan fingerprint density at radius 3 is 2.81 bits per heavy atom. The number of rotatable bonds is 4. The molecule has 0 spiro atoms. The zero-order valence-corrected chi connectivity index (χ0v) is 12.1. The second-order valence-corrected chi connectivity index (χ2v) is 5.99. The molecule has 1 saturated heterocycles. The summed E-state index contributed by atoms with van der Waals surface area (Å²) < 4.78 is 28.9. The molecule has 1 fully saturated rings. The molecule has 0 bridgehead atoms. The van der Waals surface area contributed by atoms with E-state index in [0.29, 0.717) is 13.0 Å². The van der Waals surface area contributed by atoms with Gasteiger partial charge in [-0.3, -0.25) is 9.59 Å². The number of carbonyl (C=O) groups excluding carboxylic acids is 1. The average Bonchev–Trinajstić information content (AvgIpc) is 2.84. The fraction of sp³-hybridized carbons (Fsp3) is 0.538. The van der Waals surface area contributed by atoms with Crippen LogP contribution in [0.3, 0.4) is 0 Å². The van der Waals surface area contributed by atoms with Crippen molar-refractivity contribution in [2.45, 2.75) is 20.0 Å². The number of likely N-dealkylation sites (tertiary alicyclic amines) is 1. The van der Waals surface area contributed by atoms with E-state index >= 15 is 0 Å². The molecule has 2 rings (SSSR count). The summed E-state index contributed by atoms with van der Waals surface area (Å²) in [7, 11) is 0. The molecule has 2 atom stereocenters. The molecule has 1 aliphatic rings. The third-order valence-electron chi connectivity index (χ3n) is 3.34. The van der Waals surface area contributed by atoms with E-state index in [1.807, 2.05) is 6.92 Å². The number of carboxylic acid groups (broad SMARTS) is 1. The molecule has 1 aliphatic heterocycles. The van der Waals surface area contributed by atoms with Crippen LogP contribution >= 0.6 is 11.3 Å². The van der Waals surface area contributed by atoms with Crippen LogP contribution in [0.25, 0.3) is 0 Å². The fourth-order valence-electron chi connectivity index (χ4n) is 2.48. The summed E-state index contributed by atoms with van der Waals surface area (Å²) in [4.78, 5) is 25.0. The lowest BCUT2D eigenvalue weighted by Gasteiger charge is -2.34. The van der Waals surface area contributed by atoms with Crippen molar-refractivity contribution in [1.29, 1.82) is 0 Å². The summed E-state index contributed by atoms with van der Waals surface area (Å²) in [5.41, 5.74) is 0. The van der Waals surface area contributed by atoms with Crippen molar-refractivity contribution < 1.29 is 28.2 Å². The van der Waals surface area contributed by atoms with Gasteiger partial charge in [0, 0.05) is 13.1 Å². The van der Waals surface area contributed by atoms with Gasteiger partial charge in [-0.05, 0) is 23.8 Å². The lowest BCUT2D eigenvalue weighted by atomic mass is 9.90. The molecule has 1 aromatic heterocycles. The molecule has 2 heterocycles.